The summed E-state index contributed by atoms with van der Waals surface area (Å²) < 4.78 is 5.55. The molecule has 3 nitrogen and oxygen atoms in total. The highest BCUT2D eigenvalue weighted by Crippen LogP contribution is 2.32. The Hall–Kier alpha value is -0.800. The smallest absolute Gasteiger partial charge is 0.118 e. The highest BCUT2D eigenvalue weighted by atomic mass is 16.3. The van der Waals surface area contributed by atoms with Gasteiger partial charge in [-0.05, 0) is 51.8 Å². The van der Waals surface area contributed by atoms with Gasteiger partial charge in [0, 0.05) is 12.1 Å². The molecule has 0 atom stereocenters. The predicted molar refractivity (Wildman–Crippen MR) is 65.2 cm³/mol. The van der Waals surface area contributed by atoms with Crippen LogP contribution in [0, 0.1) is 6.92 Å². The van der Waals surface area contributed by atoms with Gasteiger partial charge in [-0.15, -0.1) is 0 Å². The molecule has 1 fully saturated rings. The predicted octanol–water partition coefficient (Wildman–Crippen LogP) is 2.29. The van der Waals surface area contributed by atoms with Crippen LogP contribution < -0.4 is 5.73 Å². The van der Waals surface area contributed by atoms with Crippen LogP contribution in [0.25, 0.3) is 0 Å². The normalized spacial score (nSPS) is 18.8. The maximum atomic E-state index is 6.20. The van der Waals surface area contributed by atoms with Gasteiger partial charge in [-0.25, -0.2) is 0 Å². The van der Waals surface area contributed by atoms with Gasteiger partial charge >= 0.3 is 0 Å². The average Bonchev–Trinajstić information content (AvgIpc) is 2.58. The maximum absolute atomic E-state index is 6.20. The Balaban J connectivity index is 1.73. The van der Waals surface area contributed by atoms with Crippen molar-refractivity contribution < 1.29 is 4.42 Å². The number of aryl methyl sites for hydroxylation is 1. The van der Waals surface area contributed by atoms with Gasteiger partial charge in [0.1, 0.15) is 11.5 Å². The molecule has 1 aliphatic carbocycles. The Bertz CT molecular complexity index is 341. The summed E-state index contributed by atoms with van der Waals surface area (Å²) in [6.45, 7) is 3.91. The molecule has 1 heterocycles. The summed E-state index contributed by atoms with van der Waals surface area (Å²) in [5, 5.41) is 0. The highest BCUT2D eigenvalue weighted by Gasteiger charge is 2.31. The lowest BCUT2D eigenvalue weighted by molar-refractivity contribution is 0.188. The lowest BCUT2D eigenvalue weighted by atomic mass is 9.75. The molecular weight excluding hydrogens is 200 g/mol. The first-order valence-corrected chi connectivity index (χ1v) is 6.10. The van der Waals surface area contributed by atoms with Gasteiger partial charge in [-0.2, -0.15) is 0 Å². The van der Waals surface area contributed by atoms with E-state index in [1.165, 1.54) is 19.3 Å². The standard InChI is InChI=1S/C13H22N2O/c1-11-4-5-12(16-11)10-15(2)9-8-13(14)6-3-7-13/h4-5H,3,6-10,14H2,1-2H3. The van der Waals surface area contributed by atoms with Gasteiger partial charge in [0.15, 0.2) is 0 Å². The third-order valence-electron chi connectivity index (χ3n) is 3.56. The van der Waals surface area contributed by atoms with Crippen LogP contribution in [-0.4, -0.2) is 24.0 Å². The van der Waals surface area contributed by atoms with E-state index >= 15 is 0 Å². The Morgan fingerprint density at radius 3 is 2.69 bits per heavy atom. The largest absolute Gasteiger partial charge is 0.465 e. The van der Waals surface area contributed by atoms with Gasteiger partial charge in [-0.3, -0.25) is 4.90 Å². The highest BCUT2D eigenvalue weighted by molar-refractivity contribution is 5.05. The van der Waals surface area contributed by atoms with Gasteiger partial charge < -0.3 is 10.2 Å². The zero-order chi connectivity index (χ0) is 11.6. The minimum atomic E-state index is 0.132. The summed E-state index contributed by atoms with van der Waals surface area (Å²) in [5.74, 6) is 2.03. The quantitative estimate of drug-likeness (QED) is 0.831. The Morgan fingerprint density at radius 2 is 2.19 bits per heavy atom. The van der Waals surface area contributed by atoms with Crippen LogP contribution >= 0.6 is 0 Å². The molecule has 90 valence electrons. The lowest BCUT2D eigenvalue weighted by Gasteiger charge is -2.39. The number of furan rings is 1. The van der Waals surface area contributed by atoms with Gasteiger partial charge in [0.05, 0.1) is 6.54 Å². The molecule has 0 aromatic carbocycles. The van der Waals surface area contributed by atoms with Gasteiger partial charge in [0.2, 0.25) is 0 Å². The molecule has 2 N–H and O–H groups in total. The summed E-state index contributed by atoms with van der Waals surface area (Å²) in [4.78, 5) is 2.28. The lowest BCUT2D eigenvalue weighted by Crippen LogP contribution is -2.48. The van der Waals surface area contributed by atoms with E-state index in [-0.39, 0.29) is 5.54 Å². The fourth-order valence-corrected chi connectivity index (χ4v) is 2.21. The molecule has 0 unspecified atom stereocenters. The Labute approximate surface area is 97.6 Å². The van der Waals surface area contributed by atoms with Crippen molar-refractivity contribution in [3.63, 3.8) is 0 Å². The first-order chi connectivity index (χ1) is 7.57. The van der Waals surface area contributed by atoms with Crippen molar-refractivity contribution >= 4 is 0 Å². The first kappa shape index (κ1) is 11.7. The van der Waals surface area contributed by atoms with Crippen LogP contribution in [0.1, 0.15) is 37.2 Å². The SMILES string of the molecule is Cc1ccc(CN(C)CCC2(N)CCC2)o1. The minimum absolute atomic E-state index is 0.132. The molecule has 0 bridgehead atoms. The van der Waals surface area contributed by atoms with Crippen LogP contribution in [-0.2, 0) is 6.54 Å². The van der Waals surface area contributed by atoms with E-state index in [4.69, 9.17) is 10.2 Å². The molecule has 1 aromatic rings. The molecule has 0 amide bonds. The number of hydrogen-bond acceptors (Lipinski definition) is 3. The van der Waals surface area contributed by atoms with Crippen LogP contribution in [0.4, 0.5) is 0 Å². The zero-order valence-electron chi connectivity index (χ0n) is 10.3. The van der Waals surface area contributed by atoms with Crippen molar-refractivity contribution in [1.82, 2.24) is 4.90 Å². The topological polar surface area (TPSA) is 42.4 Å². The molecule has 3 heteroatoms. The van der Waals surface area contributed by atoms with Crippen molar-refractivity contribution in [1.29, 1.82) is 0 Å². The number of hydrogen-bond donors (Lipinski definition) is 1. The van der Waals surface area contributed by atoms with E-state index in [0.29, 0.717) is 0 Å². The summed E-state index contributed by atoms with van der Waals surface area (Å²) in [5.41, 5.74) is 6.33. The molecule has 0 radical (unpaired) electrons. The summed E-state index contributed by atoms with van der Waals surface area (Å²) >= 11 is 0. The van der Waals surface area contributed by atoms with E-state index in [9.17, 15) is 0 Å². The van der Waals surface area contributed by atoms with Crippen molar-refractivity contribution in [2.24, 2.45) is 5.73 Å². The van der Waals surface area contributed by atoms with Crippen molar-refractivity contribution in [2.75, 3.05) is 13.6 Å². The van der Waals surface area contributed by atoms with Gasteiger partial charge in [0.25, 0.3) is 0 Å². The van der Waals surface area contributed by atoms with Crippen LogP contribution in [0.5, 0.6) is 0 Å². The Morgan fingerprint density at radius 1 is 1.44 bits per heavy atom. The van der Waals surface area contributed by atoms with Crippen molar-refractivity contribution in [3.05, 3.63) is 23.7 Å². The average molecular weight is 222 g/mol. The van der Waals surface area contributed by atoms with E-state index < -0.39 is 0 Å². The molecule has 0 aliphatic heterocycles. The fourth-order valence-electron chi connectivity index (χ4n) is 2.21. The van der Waals surface area contributed by atoms with E-state index in [1.807, 2.05) is 19.1 Å². The third kappa shape index (κ3) is 2.86. The zero-order valence-corrected chi connectivity index (χ0v) is 10.3. The molecule has 16 heavy (non-hydrogen) atoms. The minimum Gasteiger partial charge on any atom is -0.465 e. The molecular formula is C13H22N2O. The van der Waals surface area contributed by atoms with E-state index in [2.05, 4.69) is 11.9 Å². The van der Waals surface area contributed by atoms with Crippen molar-refractivity contribution in [2.45, 2.75) is 44.7 Å². The van der Waals surface area contributed by atoms with E-state index in [0.717, 1.165) is 31.0 Å². The summed E-state index contributed by atoms with van der Waals surface area (Å²) in [7, 11) is 2.12. The van der Waals surface area contributed by atoms with Gasteiger partial charge in [-0.1, -0.05) is 0 Å². The molecule has 2 rings (SSSR count). The Kier molecular flexibility index (Phi) is 3.36. The number of nitrogens with two attached hydrogens (primary N) is 1. The summed E-state index contributed by atoms with van der Waals surface area (Å²) in [6.07, 6.45) is 4.79. The van der Waals surface area contributed by atoms with Crippen LogP contribution in [0.3, 0.4) is 0 Å². The van der Waals surface area contributed by atoms with Crippen molar-refractivity contribution in [3.8, 4) is 0 Å². The second-order valence-electron chi connectivity index (χ2n) is 5.22. The number of nitrogens with zero attached hydrogens (tertiary/aromatic N) is 1. The van der Waals surface area contributed by atoms with E-state index in [1.54, 1.807) is 0 Å². The second kappa shape index (κ2) is 4.60. The molecule has 0 spiro atoms. The molecule has 0 saturated heterocycles. The number of rotatable bonds is 5. The second-order valence-corrected chi connectivity index (χ2v) is 5.22. The molecule has 1 aliphatic rings. The molecule has 1 aromatic heterocycles. The molecule has 1 saturated carbocycles. The van der Waals surface area contributed by atoms with Crippen LogP contribution in [0.15, 0.2) is 16.5 Å². The fraction of sp³-hybridized carbons (Fsp3) is 0.692. The third-order valence-corrected chi connectivity index (χ3v) is 3.56. The summed E-state index contributed by atoms with van der Waals surface area (Å²) in [6, 6.07) is 4.06. The monoisotopic (exact) mass is 222 g/mol. The first-order valence-electron chi connectivity index (χ1n) is 6.10. The van der Waals surface area contributed by atoms with Crippen LogP contribution in [0.2, 0.25) is 0 Å². The maximum Gasteiger partial charge on any atom is 0.118 e.